The number of halogens is 3. The molecule has 0 N–H and O–H groups in total. The van der Waals surface area contributed by atoms with Crippen LogP contribution in [0.4, 0.5) is 8.78 Å². The van der Waals surface area contributed by atoms with E-state index in [1.165, 1.54) is 38.5 Å². The molecule has 2 aliphatic carbocycles. The van der Waals surface area contributed by atoms with Gasteiger partial charge in [0.25, 0.3) is 0 Å². The van der Waals surface area contributed by atoms with Crippen LogP contribution in [0.3, 0.4) is 0 Å². The van der Waals surface area contributed by atoms with Gasteiger partial charge in [0.1, 0.15) is 11.6 Å². The van der Waals surface area contributed by atoms with Crippen molar-refractivity contribution in [2.24, 2.45) is 17.8 Å². The summed E-state index contributed by atoms with van der Waals surface area (Å²) in [5, 5.41) is 0. The molecular formula is C23H31ClF2. The van der Waals surface area contributed by atoms with E-state index >= 15 is 0 Å². The van der Waals surface area contributed by atoms with E-state index in [-0.39, 0.29) is 17.2 Å². The lowest BCUT2D eigenvalue weighted by molar-refractivity contribution is 0.171. The second-order valence-corrected chi connectivity index (χ2v) is 8.57. The first-order valence-electron chi connectivity index (χ1n) is 10.4. The Morgan fingerprint density at radius 3 is 1.96 bits per heavy atom. The molecule has 0 radical (unpaired) electrons. The van der Waals surface area contributed by atoms with E-state index in [0.29, 0.717) is 18.3 Å². The van der Waals surface area contributed by atoms with Crippen LogP contribution in [0.2, 0.25) is 0 Å². The lowest BCUT2D eigenvalue weighted by Crippen LogP contribution is -2.25. The van der Waals surface area contributed by atoms with E-state index in [4.69, 9.17) is 11.6 Å². The number of hydrogen-bond acceptors (Lipinski definition) is 0. The summed E-state index contributed by atoms with van der Waals surface area (Å²) in [7, 11) is 0. The molecule has 26 heavy (non-hydrogen) atoms. The van der Waals surface area contributed by atoms with Gasteiger partial charge in [0.2, 0.25) is 0 Å². The van der Waals surface area contributed by atoms with Gasteiger partial charge < -0.3 is 0 Å². The normalized spacial score (nSPS) is 30.0. The van der Waals surface area contributed by atoms with Gasteiger partial charge in [0.15, 0.2) is 0 Å². The Labute approximate surface area is 162 Å². The van der Waals surface area contributed by atoms with Crippen LogP contribution in [-0.2, 0) is 6.42 Å². The molecule has 0 unspecified atom stereocenters. The third kappa shape index (κ3) is 4.68. The van der Waals surface area contributed by atoms with Gasteiger partial charge in [0.05, 0.1) is 0 Å². The summed E-state index contributed by atoms with van der Waals surface area (Å²) < 4.78 is 28.5. The van der Waals surface area contributed by atoms with Gasteiger partial charge >= 0.3 is 0 Å². The molecule has 2 saturated carbocycles. The minimum atomic E-state index is -0.352. The Kier molecular flexibility index (Phi) is 7.14. The molecule has 0 heterocycles. The zero-order chi connectivity index (χ0) is 18.5. The smallest absolute Gasteiger partial charge is 0.129 e. The Bertz CT molecular complexity index is 586. The molecule has 3 heteroatoms. The molecule has 1 aromatic rings. The SMILES string of the molecule is CCCc1c(F)cc(C2CCC(C3CCC(/C=C/Cl)CC3)CC2)cc1F. The highest BCUT2D eigenvalue weighted by Crippen LogP contribution is 2.44. The zero-order valence-electron chi connectivity index (χ0n) is 15.8. The molecule has 2 fully saturated rings. The van der Waals surface area contributed by atoms with Gasteiger partial charge in [-0.2, -0.15) is 0 Å². The van der Waals surface area contributed by atoms with E-state index in [2.05, 4.69) is 6.08 Å². The van der Waals surface area contributed by atoms with E-state index in [9.17, 15) is 8.78 Å². The topological polar surface area (TPSA) is 0 Å². The van der Waals surface area contributed by atoms with Crippen LogP contribution >= 0.6 is 11.6 Å². The summed E-state index contributed by atoms with van der Waals surface area (Å²) in [5.74, 6) is 1.90. The monoisotopic (exact) mass is 380 g/mol. The number of benzene rings is 1. The standard InChI is InChI=1S/C23H31ClF2/c1-2-3-21-22(25)14-20(15-23(21)26)19-10-8-18(9-11-19)17-6-4-16(5-7-17)12-13-24/h12-19H,2-11H2,1H3/b13-12+. The number of rotatable bonds is 5. The molecule has 0 spiro atoms. The average Bonchev–Trinajstić information content (AvgIpc) is 2.66. The molecule has 2 aliphatic rings. The minimum absolute atomic E-state index is 0.257. The number of hydrogen-bond donors (Lipinski definition) is 0. The third-order valence-corrected chi connectivity index (χ3v) is 6.88. The largest absolute Gasteiger partial charge is 0.207 e. The molecule has 0 amide bonds. The molecule has 0 saturated heterocycles. The Balaban J connectivity index is 1.56. The molecule has 0 atom stereocenters. The lowest BCUT2D eigenvalue weighted by atomic mass is 9.68. The highest BCUT2D eigenvalue weighted by atomic mass is 35.5. The fourth-order valence-electron chi connectivity index (χ4n) is 5.18. The fraction of sp³-hybridized carbons (Fsp3) is 0.652. The van der Waals surface area contributed by atoms with Crippen LogP contribution in [0, 0.1) is 29.4 Å². The summed E-state index contributed by atoms with van der Waals surface area (Å²) in [6.07, 6.45) is 13.0. The predicted molar refractivity (Wildman–Crippen MR) is 105 cm³/mol. The van der Waals surface area contributed by atoms with Crippen molar-refractivity contribution in [2.45, 2.75) is 77.0 Å². The first kappa shape index (κ1) is 19.9. The molecule has 0 bridgehead atoms. The van der Waals surface area contributed by atoms with Gasteiger partial charge in [-0.25, -0.2) is 8.78 Å². The summed E-state index contributed by atoms with van der Waals surface area (Å²) in [6.45, 7) is 1.95. The summed E-state index contributed by atoms with van der Waals surface area (Å²) in [5.41, 5.74) is 2.79. The van der Waals surface area contributed by atoms with Crippen LogP contribution in [0.5, 0.6) is 0 Å². The van der Waals surface area contributed by atoms with Gasteiger partial charge in [0, 0.05) is 11.1 Å². The minimum Gasteiger partial charge on any atom is -0.207 e. The van der Waals surface area contributed by atoms with Crippen molar-refractivity contribution in [3.8, 4) is 0 Å². The fourth-order valence-corrected chi connectivity index (χ4v) is 5.39. The zero-order valence-corrected chi connectivity index (χ0v) is 16.6. The molecule has 1 aromatic carbocycles. The van der Waals surface area contributed by atoms with E-state index < -0.39 is 0 Å². The third-order valence-electron chi connectivity index (χ3n) is 6.73. The molecule has 3 rings (SSSR count). The van der Waals surface area contributed by atoms with Crippen molar-refractivity contribution in [1.82, 2.24) is 0 Å². The van der Waals surface area contributed by atoms with Crippen molar-refractivity contribution < 1.29 is 8.78 Å². The summed E-state index contributed by atoms with van der Waals surface area (Å²) in [6, 6.07) is 3.20. The predicted octanol–water partition coefficient (Wildman–Crippen LogP) is 7.75. The van der Waals surface area contributed by atoms with Crippen molar-refractivity contribution in [2.75, 3.05) is 0 Å². The van der Waals surface area contributed by atoms with Crippen LogP contribution in [0.15, 0.2) is 23.7 Å². The van der Waals surface area contributed by atoms with Crippen molar-refractivity contribution >= 4 is 11.6 Å². The first-order valence-corrected chi connectivity index (χ1v) is 10.8. The maximum absolute atomic E-state index is 14.3. The maximum atomic E-state index is 14.3. The second kappa shape index (κ2) is 9.35. The van der Waals surface area contributed by atoms with Crippen LogP contribution in [0.1, 0.15) is 81.8 Å². The van der Waals surface area contributed by atoms with E-state index in [0.717, 1.165) is 36.7 Å². The van der Waals surface area contributed by atoms with E-state index in [1.54, 1.807) is 17.7 Å². The van der Waals surface area contributed by atoms with Crippen molar-refractivity contribution in [3.63, 3.8) is 0 Å². The quantitative estimate of drug-likeness (QED) is 0.489. The molecule has 0 aliphatic heterocycles. The van der Waals surface area contributed by atoms with Crippen molar-refractivity contribution in [3.05, 3.63) is 46.5 Å². The maximum Gasteiger partial charge on any atom is 0.129 e. The average molecular weight is 381 g/mol. The van der Waals surface area contributed by atoms with Gasteiger partial charge in [-0.15, -0.1) is 0 Å². The molecule has 144 valence electrons. The lowest BCUT2D eigenvalue weighted by Gasteiger charge is -2.37. The second-order valence-electron chi connectivity index (χ2n) is 8.32. The highest BCUT2D eigenvalue weighted by molar-refractivity contribution is 6.25. The first-order chi connectivity index (χ1) is 12.6. The summed E-state index contributed by atoms with van der Waals surface area (Å²) >= 11 is 5.71. The van der Waals surface area contributed by atoms with Crippen LogP contribution in [-0.4, -0.2) is 0 Å². The van der Waals surface area contributed by atoms with Crippen LogP contribution in [0.25, 0.3) is 0 Å². The number of allylic oxidation sites excluding steroid dienone is 1. The van der Waals surface area contributed by atoms with Gasteiger partial charge in [-0.1, -0.05) is 31.0 Å². The Morgan fingerprint density at radius 1 is 0.923 bits per heavy atom. The van der Waals surface area contributed by atoms with Crippen LogP contribution < -0.4 is 0 Å². The Morgan fingerprint density at radius 2 is 1.46 bits per heavy atom. The molecular weight excluding hydrogens is 350 g/mol. The molecule has 0 aromatic heterocycles. The Hall–Kier alpha value is -0.890. The molecule has 0 nitrogen and oxygen atoms in total. The summed E-state index contributed by atoms with van der Waals surface area (Å²) in [4.78, 5) is 0. The highest BCUT2D eigenvalue weighted by Gasteiger charge is 2.31. The van der Waals surface area contributed by atoms with Crippen molar-refractivity contribution in [1.29, 1.82) is 0 Å². The van der Waals surface area contributed by atoms with E-state index in [1.807, 2.05) is 6.92 Å². The van der Waals surface area contributed by atoms with Gasteiger partial charge in [-0.05, 0) is 99.2 Å². The van der Waals surface area contributed by atoms with Gasteiger partial charge in [-0.3, -0.25) is 0 Å².